The third-order valence-corrected chi connectivity index (χ3v) is 11.3. The van der Waals surface area contributed by atoms with Crippen LogP contribution in [0.25, 0.3) is 111 Å². The summed E-state index contributed by atoms with van der Waals surface area (Å²) in [4.78, 5) is 10.4. The predicted molar refractivity (Wildman–Crippen MR) is 234 cm³/mol. The highest BCUT2D eigenvalue weighted by Gasteiger charge is 2.22. The molecule has 0 aliphatic carbocycles. The van der Waals surface area contributed by atoms with E-state index in [1.165, 1.54) is 38.1 Å². The van der Waals surface area contributed by atoms with Gasteiger partial charge in [-0.15, -0.1) is 0 Å². The van der Waals surface area contributed by atoms with Gasteiger partial charge in [-0.3, -0.25) is 0 Å². The van der Waals surface area contributed by atoms with E-state index in [9.17, 15) is 0 Å². The molecule has 0 N–H and O–H groups in total. The first kappa shape index (κ1) is 31.6. The van der Waals surface area contributed by atoms with Crippen LogP contribution in [0.4, 0.5) is 0 Å². The maximum Gasteiger partial charge on any atom is 0.246 e. The third kappa shape index (κ3) is 4.82. The van der Waals surface area contributed by atoms with Gasteiger partial charge in [0.1, 0.15) is 16.8 Å². The minimum Gasteiger partial charge on any atom is -0.436 e. The zero-order chi connectivity index (χ0) is 37.5. The maximum atomic E-state index is 6.41. The minimum absolute atomic E-state index is 0.528. The van der Waals surface area contributed by atoms with Crippen molar-refractivity contribution in [2.45, 2.75) is 0 Å². The van der Waals surface area contributed by atoms with Crippen LogP contribution in [0.5, 0.6) is 0 Å². The summed E-state index contributed by atoms with van der Waals surface area (Å²) in [7, 11) is 0. The standard InChI is InChI=1S/C52H32N4O/c1-5-15-33(16-6-1)47-48(34-17-7-2-8-18-34)54-52-49(53-47)43-32-36(26-30-46(43)57-52)35-25-29-45-42(31-35)41-28-27-40-39-23-13-14-24-44(39)55(37-19-9-3-10-20-37)50(40)51(41)56(45)38-21-11-4-12-22-38/h1-32H. The first-order valence-corrected chi connectivity index (χ1v) is 19.3. The summed E-state index contributed by atoms with van der Waals surface area (Å²) in [6, 6.07) is 68.5. The normalized spacial score (nSPS) is 11.9. The van der Waals surface area contributed by atoms with Gasteiger partial charge in [-0.05, 0) is 65.7 Å². The van der Waals surface area contributed by atoms with Gasteiger partial charge in [-0.2, -0.15) is 0 Å². The number of nitrogens with zero attached hydrogens (tertiary/aromatic N) is 4. The van der Waals surface area contributed by atoms with Gasteiger partial charge < -0.3 is 13.6 Å². The Morgan fingerprint density at radius 3 is 1.47 bits per heavy atom. The molecule has 0 fully saturated rings. The van der Waals surface area contributed by atoms with E-state index in [1.807, 2.05) is 36.4 Å². The molecule has 0 spiro atoms. The molecule has 0 atom stereocenters. The van der Waals surface area contributed by atoms with Crippen LogP contribution in [0.1, 0.15) is 0 Å². The largest absolute Gasteiger partial charge is 0.436 e. The van der Waals surface area contributed by atoms with Crippen LogP contribution >= 0.6 is 0 Å². The number of hydrogen-bond acceptors (Lipinski definition) is 3. The Balaban J connectivity index is 1.11. The maximum absolute atomic E-state index is 6.41. The fraction of sp³-hybridized carbons (Fsp3) is 0. The Morgan fingerprint density at radius 2 is 0.842 bits per heavy atom. The van der Waals surface area contributed by atoms with Crippen LogP contribution in [0.15, 0.2) is 199 Å². The third-order valence-electron chi connectivity index (χ3n) is 11.3. The number of hydrogen-bond donors (Lipinski definition) is 0. The molecular weight excluding hydrogens is 697 g/mol. The van der Waals surface area contributed by atoms with E-state index in [0.29, 0.717) is 5.71 Å². The highest BCUT2D eigenvalue weighted by atomic mass is 16.3. The molecule has 0 radical (unpaired) electrons. The molecule has 0 saturated carbocycles. The van der Waals surface area contributed by atoms with Gasteiger partial charge in [0.05, 0.1) is 27.8 Å². The zero-order valence-corrected chi connectivity index (χ0v) is 30.7. The summed E-state index contributed by atoms with van der Waals surface area (Å²) in [6.45, 7) is 0. The quantitative estimate of drug-likeness (QED) is 0.177. The molecule has 0 aliphatic rings. The molecule has 4 aromatic heterocycles. The van der Waals surface area contributed by atoms with Crippen molar-refractivity contribution < 1.29 is 4.42 Å². The molecule has 0 saturated heterocycles. The molecule has 266 valence electrons. The number of benzene rings is 8. The van der Waals surface area contributed by atoms with Crippen LogP contribution in [-0.2, 0) is 0 Å². The van der Waals surface area contributed by atoms with E-state index in [-0.39, 0.29) is 0 Å². The smallest absolute Gasteiger partial charge is 0.246 e. The zero-order valence-electron chi connectivity index (χ0n) is 30.7. The second kappa shape index (κ2) is 12.4. The molecule has 0 unspecified atom stereocenters. The number of fused-ring (bicyclic) bond motifs is 10. The highest BCUT2D eigenvalue weighted by molar-refractivity contribution is 6.24. The average Bonchev–Trinajstić information content (AvgIpc) is 3.94. The summed E-state index contributed by atoms with van der Waals surface area (Å²) < 4.78 is 11.3. The fourth-order valence-corrected chi connectivity index (χ4v) is 8.77. The number of para-hydroxylation sites is 3. The predicted octanol–water partition coefficient (Wildman–Crippen LogP) is 13.6. The van der Waals surface area contributed by atoms with Crippen molar-refractivity contribution in [1.82, 2.24) is 19.1 Å². The van der Waals surface area contributed by atoms with E-state index in [4.69, 9.17) is 14.4 Å². The second-order valence-corrected chi connectivity index (χ2v) is 14.6. The summed E-state index contributed by atoms with van der Waals surface area (Å²) in [5, 5.41) is 5.79. The number of aromatic nitrogens is 4. The molecule has 12 aromatic rings. The van der Waals surface area contributed by atoms with Crippen molar-refractivity contribution in [2.24, 2.45) is 0 Å². The molecule has 0 aliphatic heterocycles. The summed E-state index contributed by atoms with van der Waals surface area (Å²) in [6.07, 6.45) is 0. The van der Waals surface area contributed by atoms with E-state index in [2.05, 4.69) is 167 Å². The molecule has 0 amide bonds. The van der Waals surface area contributed by atoms with Gasteiger partial charge in [0.25, 0.3) is 0 Å². The molecule has 5 nitrogen and oxygen atoms in total. The van der Waals surface area contributed by atoms with E-state index in [0.717, 1.165) is 67.0 Å². The molecular formula is C52H32N4O. The summed E-state index contributed by atoms with van der Waals surface area (Å²) in [5.41, 5.74) is 14.8. The van der Waals surface area contributed by atoms with E-state index < -0.39 is 0 Å². The first-order valence-electron chi connectivity index (χ1n) is 19.3. The Hall–Kier alpha value is -7.76. The lowest BCUT2D eigenvalue weighted by Crippen LogP contribution is -1.98. The Kier molecular flexibility index (Phi) is 6.86. The van der Waals surface area contributed by atoms with Crippen molar-refractivity contribution in [3.8, 4) is 45.0 Å². The molecule has 8 aromatic carbocycles. The highest BCUT2D eigenvalue weighted by Crippen LogP contribution is 2.43. The van der Waals surface area contributed by atoms with Gasteiger partial charge >= 0.3 is 0 Å². The lowest BCUT2D eigenvalue weighted by molar-refractivity contribution is 0.653. The van der Waals surface area contributed by atoms with Gasteiger partial charge in [0, 0.05) is 49.4 Å². The lowest BCUT2D eigenvalue weighted by Gasteiger charge is -2.12. The van der Waals surface area contributed by atoms with Crippen LogP contribution < -0.4 is 0 Å². The Labute approximate surface area is 327 Å². The average molecular weight is 729 g/mol. The fourth-order valence-electron chi connectivity index (χ4n) is 8.77. The molecule has 12 rings (SSSR count). The molecule has 4 heterocycles. The lowest BCUT2D eigenvalue weighted by atomic mass is 10.0. The SMILES string of the molecule is c1ccc(-c2nc3oc4ccc(-c5ccc6c(c5)c5ccc7c8ccccc8n(-c8ccccc8)c7c5n6-c5ccccc5)cc4c3nc2-c2ccccc2)cc1. The molecule has 57 heavy (non-hydrogen) atoms. The van der Waals surface area contributed by atoms with Crippen LogP contribution in [0.2, 0.25) is 0 Å². The number of furan rings is 1. The topological polar surface area (TPSA) is 48.8 Å². The van der Waals surface area contributed by atoms with Gasteiger partial charge in [0.2, 0.25) is 5.71 Å². The summed E-state index contributed by atoms with van der Waals surface area (Å²) >= 11 is 0. The first-order chi connectivity index (χ1) is 28.3. The second-order valence-electron chi connectivity index (χ2n) is 14.6. The Morgan fingerprint density at radius 1 is 0.351 bits per heavy atom. The van der Waals surface area contributed by atoms with Crippen LogP contribution in [0.3, 0.4) is 0 Å². The van der Waals surface area contributed by atoms with E-state index in [1.54, 1.807) is 0 Å². The molecule has 0 bridgehead atoms. The van der Waals surface area contributed by atoms with Crippen molar-refractivity contribution in [3.63, 3.8) is 0 Å². The van der Waals surface area contributed by atoms with Crippen LogP contribution in [-0.4, -0.2) is 19.1 Å². The number of rotatable bonds is 5. The van der Waals surface area contributed by atoms with Crippen molar-refractivity contribution in [1.29, 1.82) is 0 Å². The van der Waals surface area contributed by atoms with Crippen LogP contribution in [0, 0.1) is 0 Å². The van der Waals surface area contributed by atoms with Gasteiger partial charge in [-0.1, -0.05) is 140 Å². The molecule has 5 heteroatoms. The minimum atomic E-state index is 0.528. The monoisotopic (exact) mass is 728 g/mol. The van der Waals surface area contributed by atoms with Crippen molar-refractivity contribution in [3.05, 3.63) is 194 Å². The Bertz CT molecular complexity index is 3490. The van der Waals surface area contributed by atoms with E-state index >= 15 is 0 Å². The van der Waals surface area contributed by atoms with Gasteiger partial charge in [0.15, 0.2) is 0 Å². The van der Waals surface area contributed by atoms with Crippen molar-refractivity contribution >= 4 is 65.8 Å². The van der Waals surface area contributed by atoms with Crippen molar-refractivity contribution in [2.75, 3.05) is 0 Å². The summed E-state index contributed by atoms with van der Waals surface area (Å²) in [5.74, 6) is 0. The van der Waals surface area contributed by atoms with Gasteiger partial charge in [-0.25, -0.2) is 9.97 Å².